The van der Waals surface area contributed by atoms with Gasteiger partial charge in [0.2, 0.25) is 3.79 Å². The molecule has 0 spiro atoms. The van der Waals surface area contributed by atoms with E-state index in [1.807, 2.05) is 0 Å². The van der Waals surface area contributed by atoms with Crippen LogP contribution in [0.25, 0.3) is 0 Å². The van der Waals surface area contributed by atoms with Crippen molar-refractivity contribution >= 4 is 58.8 Å². The average Bonchev–Trinajstić information content (AvgIpc) is 3.14. The first-order valence-electron chi connectivity index (χ1n) is 8.62. The Hall–Kier alpha value is -2.49. The fourth-order valence-corrected chi connectivity index (χ4v) is 2.65. The maximum Gasteiger partial charge on any atom is 0.429 e. The lowest BCUT2D eigenvalue weighted by Gasteiger charge is -2.30. The number of cyclic esters (lactones) is 1. The largest absolute Gasteiger partial charge is 0.447 e. The van der Waals surface area contributed by atoms with Gasteiger partial charge in [-0.15, -0.1) is 6.58 Å². The summed E-state index contributed by atoms with van der Waals surface area (Å²) in [6, 6.07) is 5.86. The van der Waals surface area contributed by atoms with Crippen LogP contribution in [0.4, 0.5) is 14.4 Å². The van der Waals surface area contributed by atoms with E-state index in [0.717, 1.165) is 4.90 Å². The smallest absolute Gasteiger partial charge is 0.429 e. The first-order chi connectivity index (χ1) is 14.1. The molecule has 0 saturated carbocycles. The van der Waals surface area contributed by atoms with Crippen LogP contribution in [0.3, 0.4) is 0 Å². The SMILES string of the molecule is C=CC[C@H](C(=O)c1ccccc1)N(NC(=O)N1CCOC1=O)C(=O)OCC(Cl)(Cl)Cl. The zero-order chi connectivity index (χ0) is 22.3. The number of rotatable bonds is 6. The van der Waals surface area contributed by atoms with Gasteiger partial charge in [0.25, 0.3) is 0 Å². The molecule has 1 heterocycles. The monoisotopic (exact) mass is 477 g/mol. The van der Waals surface area contributed by atoms with Gasteiger partial charge in [-0.05, 0) is 6.42 Å². The number of imide groups is 1. The van der Waals surface area contributed by atoms with Crippen LogP contribution >= 0.6 is 34.8 Å². The van der Waals surface area contributed by atoms with E-state index in [1.54, 1.807) is 30.3 Å². The Morgan fingerprint density at radius 2 is 1.97 bits per heavy atom. The van der Waals surface area contributed by atoms with Gasteiger partial charge in [0, 0.05) is 5.56 Å². The van der Waals surface area contributed by atoms with E-state index in [-0.39, 0.29) is 25.1 Å². The number of alkyl halides is 3. The lowest BCUT2D eigenvalue weighted by atomic mass is 10.0. The molecule has 1 aromatic carbocycles. The number of urea groups is 1. The maximum absolute atomic E-state index is 13.0. The molecular formula is C18H18Cl3N3O6. The second kappa shape index (κ2) is 10.5. The number of ketones is 1. The fourth-order valence-electron chi connectivity index (χ4n) is 2.49. The molecule has 0 bridgehead atoms. The number of halogens is 3. The maximum atomic E-state index is 13.0. The van der Waals surface area contributed by atoms with Gasteiger partial charge in [0.05, 0.1) is 6.54 Å². The predicted molar refractivity (Wildman–Crippen MR) is 109 cm³/mol. The Bertz CT molecular complexity index is 815. The molecule has 1 atom stereocenters. The molecular weight excluding hydrogens is 461 g/mol. The first-order valence-corrected chi connectivity index (χ1v) is 9.75. The van der Waals surface area contributed by atoms with Crippen LogP contribution in [0.5, 0.6) is 0 Å². The molecule has 0 aliphatic carbocycles. The van der Waals surface area contributed by atoms with Gasteiger partial charge >= 0.3 is 18.2 Å². The number of hydrogen-bond donors (Lipinski definition) is 1. The van der Waals surface area contributed by atoms with Gasteiger partial charge in [-0.3, -0.25) is 4.79 Å². The van der Waals surface area contributed by atoms with Crippen LogP contribution in [0.2, 0.25) is 0 Å². The number of amides is 4. The topological polar surface area (TPSA) is 105 Å². The van der Waals surface area contributed by atoms with Crippen LogP contribution in [-0.4, -0.2) is 63.5 Å². The number of nitrogens with one attached hydrogen (secondary N) is 1. The number of benzene rings is 1. The summed E-state index contributed by atoms with van der Waals surface area (Å²) in [5, 5.41) is 0.640. The van der Waals surface area contributed by atoms with E-state index in [9.17, 15) is 19.2 Å². The summed E-state index contributed by atoms with van der Waals surface area (Å²) < 4.78 is 7.71. The van der Waals surface area contributed by atoms with E-state index in [4.69, 9.17) is 44.3 Å². The molecule has 0 radical (unpaired) electrons. The molecule has 30 heavy (non-hydrogen) atoms. The number of hydrogen-bond acceptors (Lipinski definition) is 6. The summed E-state index contributed by atoms with van der Waals surface area (Å²) in [5.41, 5.74) is 2.48. The van der Waals surface area contributed by atoms with Crippen molar-refractivity contribution in [1.82, 2.24) is 15.3 Å². The van der Waals surface area contributed by atoms with Crippen molar-refractivity contribution in [2.24, 2.45) is 0 Å². The highest BCUT2D eigenvalue weighted by molar-refractivity contribution is 6.67. The highest BCUT2D eigenvalue weighted by Gasteiger charge is 2.37. The van der Waals surface area contributed by atoms with E-state index < -0.39 is 40.4 Å². The van der Waals surface area contributed by atoms with Gasteiger partial charge in [0.15, 0.2) is 5.78 Å². The molecule has 1 aliphatic heterocycles. The number of carbonyl (C=O) groups is 4. The van der Waals surface area contributed by atoms with Gasteiger partial charge in [-0.25, -0.2) is 29.7 Å². The highest BCUT2D eigenvalue weighted by Crippen LogP contribution is 2.26. The molecule has 0 unspecified atom stereocenters. The summed E-state index contributed by atoms with van der Waals surface area (Å²) in [5.74, 6) is -0.509. The molecule has 4 amide bonds. The summed E-state index contributed by atoms with van der Waals surface area (Å²) in [7, 11) is 0. The van der Waals surface area contributed by atoms with Crippen molar-refractivity contribution in [3.8, 4) is 0 Å². The molecule has 1 aromatic rings. The molecule has 1 N–H and O–H groups in total. The lowest BCUT2D eigenvalue weighted by Crippen LogP contribution is -2.58. The Labute approximate surface area is 187 Å². The minimum absolute atomic E-state index is 0.00297. The molecule has 162 valence electrons. The lowest BCUT2D eigenvalue weighted by molar-refractivity contribution is 0.0549. The van der Waals surface area contributed by atoms with E-state index in [0.29, 0.717) is 5.01 Å². The Morgan fingerprint density at radius 1 is 1.30 bits per heavy atom. The van der Waals surface area contributed by atoms with Crippen LogP contribution in [-0.2, 0) is 9.47 Å². The molecule has 1 aliphatic rings. The molecule has 1 saturated heterocycles. The molecule has 9 nitrogen and oxygen atoms in total. The minimum Gasteiger partial charge on any atom is -0.447 e. The third-order valence-electron chi connectivity index (χ3n) is 3.84. The second-order valence-electron chi connectivity index (χ2n) is 5.99. The Morgan fingerprint density at radius 3 is 2.50 bits per heavy atom. The van der Waals surface area contributed by atoms with Crippen LogP contribution in [0, 0.1) is 0 Å². The van der Waals surface area contributed by atoms with Crippen molar-refractivity contribution < 1.29 is 28.7 Å². The van der Waals surface area contributed by atoms with Crippen molar-refractivity contribution in [2.45, 2.75) is 16.3 Å². The predicted octanol–water partition coefficient (Wildman–Crippen LogP) is 3.70. The summed E-state index contributed by atoms with van der Waals surface area (Å²) in [4.78, 5) is 50.5. The van der Waals surface area contributed by atoms with Gasteiger partial charge in [0.1, 0.15) is 19.3 Å². The van der Waals surface area contributed by atoms with Crippen LogP contribution < -0.4 is 5.43 Å². The van der Waals surface area contributed by atoms with Gasteiger partial charge in [-0.1, -0.05) is 71.2 Å². The van der Waals surface area contributed by atoms with E-state index >= 15 is 0 Å². The summed E-state index contributed by atoms with van der Waals surface area (Å²) in [6.07, 6.45) is -0.714. The fraction of sp³-hybridized carbons (Fsp3) is 0.333. The molecule has 12 heteroatoms. The highest BCUT2D eigenvalue weighted by atomic mass is 35.6. The van der Waals surface area contributed by atoms with Crippen LogP contribution in [0.15, 0.2) is 43.0 Å². The van der Waals surface area contributed by atoms with Crippen molar-refractivity contribution in [3.05, 3.63) is 48.6 Å². The first kappa shape index (κ1) is 23.8. The van der Waals surface area contributed by atoms with Crippen molar-refractivity contribution in [1.29, 1.82) is 0 Å². The normalized spacial score (nSPS) is 14.5. The van der Waals surface area contributed by atoms with Gasteiger partial charge in [-0.2, -0.15) is 0 Å². The number of ether oxygens (including phenoxy) is 2. The van der Waals surface area contributed by atoms with Crippen molar-refractivity contribution in [3.63, 3.8) is 0 Å². The zero-order valence-electron chi connectivity index (χ0n) is 15.6. The zero-order valence-corrected chi connectivity index (χ0v) is 17.8. The number of carbonyl (C=O) groups excluding carboxylic acids is 4. The quantitative estimate of drug-likeness (QED) is 0.289. The standard InChI is InChI=1S/C18H18Cl3N3O6/c1-2-6-13(14(25)12-7-4-3-5-8-12)24(17(28)30-11-18(19,20)21)22-15(26)23-9-10-29-16(23)27/h2-5,7-8,13H,1,6,9-11H2,(H,22,26)/t13-/m1/s1. The summed E-state index contributed by atoms with van der Waals surface area (Å²) >= 11 is 16.8. The Balaban J connectivity index is 2.31. The average molecular weight is 479 g/mol. The van der Waals surface area contributed by atoms with Crippen LogP contribution in [0.1, 0.15) is 16.8 Å². The molecule has 1 fully saturated rings. The number of nitrogens with zero attached hydrogens (tertiary/aromatic N) is 2. The summed E-state index contributed by atoms with van der Waals surface area (Å²) in [6.45, 7) is 2.91. The second-order valence-corrected chi connectivity index (χ2v) is 8.51. The third-order valence-corrected chi connectivity index (χ3v) is 4.17. The van der Waals surface area contributed by atoms with E-state index in [1.165, 1.54) is 6.08 Å². The van der Waals surface area contributed by atoms with Gasteiger partial charge < -0.3 is 9.47 Å². The molecule has 2 rings (SSSR count). The third kappa shape index (κ3) is 6.51. The Kier molecular flexibility index (Phi) is 8.33. The minimum atomic E-state index is -1.92. The van der Waals surface area contributed by atoms with Crippen molar-refractivity contribution in [2.75, 3.05) is 19.8 Å². The molecule has 0 aromatic heterocycles. The van der Waals surface area contributed by atoms with E-state index in [2.05, 4.69) is 12.0 Å². The number of Topliss-reactive ketones (excluding diaryl/α,β-unsaturated/α-hetero) is 1. The number of hydrazine groups is 1.